The smallest absolute Gasteiger partial charge is 0.370 e. The molecular weight excluding hydrogens is 397 g/mol. The van der Waals surface area contributed by atoms with E-state index in [2.05, 4.69) is 25.7 Å². The van der Waals surface area contributed by atoms with Gasteiger partial charge < -0.3 is 10.6 Å². The number of hydrogen-bond donors (Lipinski definition) is 2. The molecule has 2 N–H and O–H groups in total. The quantitative estimate of drug-likeness (QED) is 0.744. The minimum absolute atomic E-state index is 0.00854. The van der Waals surface area contributed by atoms with E-state index in [0.717, 1.165) is 11.9 Å². The van der Waals surface area contributed by atoms with Crippen LogP contribution in [0.1, 0.15) is 37.1 Å². The Balaban J connectivity index is 1.78. The molecule has 2 heterocycles. The molecule has 0 unspecified atom stereocenters. The molecule has 1 fully saturated rings. The van der Waals surface area contributed by atoms with Gasteiger partial charge in [0.2, 0.25) is 5.95 Å². The fraction of sp³-hybridized carbons (Fsp3) is 0.562. The average molecular weight is 418 g/mol. The molecule has 0 aromatic carbocycles. The first-order valence-electron chi connectivity index (χ1n) is 8.68. The summed E-state index contributed by atoms with van der Waals surface area (Å²) in [6, 6.07) is -0.0267. The molecule has 0 spiro atoms. The van der Waals surface area contributed by atoms with Gasteiger partial charge in [0.05, 0.1) is 28.9 Å². The molecule has 0 radical (unpaired) electrons. The summed E-state index contributed by atoms with van der Waals surface area (Å²) in [5.74, 6) is -0.290. The standard InChI is InChI=1S/C16H21F3N6O2S/c1-4-20-14-12(16(17,18)19)7-21-15(24-14)23-13-8-22-25(9(13)2)10-5-11(6-10)28(3,26)27/h7-8,10-11H,4-6H2,1-3H3,(H2,20,21,23,24)/t10-,11+. The second-order valence-electron chi connectivity index (χ2n) is 6.77. The van der Waals surface area contributed by atoms with Crippen LogP contribution < -0.4 is 10.6 Å². The first kappa shape index (κ1) is 20.4. The van der Waals surface area contributed by atoms with E-state index in [0.29, 0.717) is 18.5 Å². The van der Waals surface area contributed by atoms with Crippen molar-refractivity contribution >= 4 is 27.3 Å². The summed E-state index contributed by atoms with van der Waals surface area (Å²) in [5, 5.41) is 9.39. The van der Waals surface area contributed by atoms with Gasteiger partial charge in [-0.2, -0.15) is 23.3 Å². The number of anilines is 3. The maximum atomic E-state index is 13.1. The zero-order chi connectivity index (χ0) is 20.7. The Hall–Kier alpha value is -2.37. The third-order valence-corrected chi connectivity index (χ3v) is 6.35. The SMILES string of the molecule is CCNc1nc(Nc2cnn([C@H]3C[C@@H](S(C)(=O)=O)C3)c2C)ncc1C(F)(F)F. The van der Waals surface area contributed by atoms with Crippen molar-refractivity contribution in [2.24, 2.45) is 0 Å². The maximum absolute atomic E-state index is 13.1. The van der Waals surface area contributed by atoms with Crippen LogP contribution in [0.5, 0.6) is 0 Å². The van der Waals surface area contributed by atoms with Gasteiger partial charge in [-0.05, 0) is 26.7 Å². The molecule has 0 bridgehead atoms. The van der Waals surface area contributed by atoms with E-state index in [1.165, 1.54) is 12.5 Å². The van der Waals surface area contributed by atoms with Crippen molar-refractivity contribution in [2.45, 2.75) is 44.2 Å². The van der Waals surface area contributed by atoms with Gasteiger partial charge in [0.15, 0.2) is 0 Å². The van der Waals surface area contributed by atoms with Crippen LogP contribution in [0.3, 0.4) is 0 Å². The lowest BCUT2D eigenvalue weighted by Gasteiger charge is -2.34. The number of nitrogens with one attached hydrogen (secondary N) is 2. The molecule has 28 heavy (non-hydrogen) atoms. The number of alkyl halides is 3. The fourth-order valence-corrected chi connectivity index (χ4v) is 4.22. The lowest BCUT2D eigenvalue weighted by molar-refractivity contribution is -0.137. The molecule has 2 aromatic rings. The molecule has 0 aliphatic heterocycles. The van der Waals surface area contributed by atoms with Crippen LogP contribution in [-0.2, 0) is 16.0 Å². The van der Waals surface area contributed by atoms with Gasteiger partial charge in [0.1, 0.15) is 21.2 Å². The monoisotopic (exact) mass is 418 g/mol. The lowest BCUT2D eigenvalue weighted by atomic mass is 9.92. The summed E-state index contributed by atoms with van der Waals surface area (Å²) in [5.41, 5.74) is 0.337. The molecular formula is C16H21F3N6O2S. The molecule has 154 valence electrons. The molecule has 0 atom stereocenters. The normalized spacial score (nSPS) is 19.9. The summed E-state index contributed by atoms with van der Waals surface area (Å²) in [6.07, 6.45) is -0.102. The summed E-state index contributed by atoms with van der Waals surface area (Å²) in [6.45, 7) is 3.74. The van der Waals surface area contributed by atoms with E-state index in [1.54, 1.807) is 18.5 Å². The topological polar surface area (TPSA) is 102 Å². The Labute approximate surface area is 160 Å². The largest absolute Gasteiger partial charge is 0.421 e. The predicted molar refractivity (Wildman–Crippen MR) is 98.3 cm³/mol. The van der Waals surface area contributed by atoms with Crippen LogP contribution in [-0.4, -0.2) is 46.2 Å². The molecule has 12 heteroatoms. The lowest BCUT2D eigenvalue weighted by Crippen LogP contribution is -2.37. The van der Waals surface area contributed by atoms with Crippen LogP contribution >= 0.6 is 0 Å². The van der Waals surface area contributed by atoms with Gasteiger partial charge >= 0.3 is 6.18 Å². The van der Waals surface area contributed by atoms with Gasteiger partial charge in [0, 0.05) is 19.0 Å². The molecule has 0 saturated heterocycles. The fourth-order valence-electron chi connectivity index (χ4n) is 3.07. The first-order valence-corrected chi connectivity index (χ1v) is 10.6. The summed E-state index contributed by atoms with van der Waals surface area (Å²) in [7, 11) is -3.06. The van der Waals surface area contributed by atoms with Crippen molar-refractivity contribution in [3.8, 4) is 0 Å². The van der Waals surface area contributed by atoms with Crippen LogP contribution in [0.2, 0.25) is 0 Å². The highest BCUT2D eigenvalue weighted by molar-refractivity contribution is 7.91. The highest BCUT2D eigenvalue weighted by Crippen LogP contribution is 2.38. The van der Waals surface area contributed by atoms with Gasteiger partial charge in [-0.15, -0.1) is 0 Å². The number of nitrogens with zero attached hydrogens (tertiary/aromatic N) is 4. The molecule has 1 aliphatic rings. The summed E-state index contributed by atoms with van der Waals surface area (Å²) in [4.78, 5) is 7.69. The van der Waals surface area contributed by atoms with E-state index in [-0.39, 0.29) is 29.6 Å². The predicted octanol–water partition coefficient (Wildman–Crippen LogP) is 2.92. The third-order valence-electron chi connectivity index (χ3n) is 4.75. The number of halogens is 3. The highest BCUT2D eigenvalue weighted by Gasteiger charge is 2.38. The van der Waals surface area contributed by atoms with Crippen molar-refractivity contribution in [3.63, 3.8) is 0 Å². The van der Waals surface area contributed by atoms with Gasteiger partial charge in [-0.1, -0.05) is 0 Å². The second-order valence-corrected chi connectivity index (χ2v) is 9.10. The van der Waals surface area contributed by atoms with Crippen molar-refractivity contribution in [3.05, 3.63) is 23.7 Å². The van der Waals surface area contributed by atoms with Crippen molar-refractivity contribution in [1.29, 1.82) is 0 Å². The van der Waals surface area contributed by atoms with E-state index >= 15 is 0 Å². The Morgan fingerprint density at radius 1 is 1.29 bits per heavy atom. The van der Waals surface area contributed by atoms with Gasteiger partial charge in [0.25, 0.3) is 0 Å². The van der Waals surface area contributed by atoms with E-state index in [9.17, 15) is 21.6 Å². The number of hydrogen-bond acceptors (Lipinski definition) is 7. The summed E-state index contributed by atoms with van der Waals surface area (Å²) < 4.78 is 64.0. The maximum Gasteiger partial charge on any atom is 0.421 e. The molecule has 8 nitrogen and oxygen atoms in total. The zero-order valence-electron chi connectivity index (χ0n) is 15.6. The van der Waals surface area contributed by atoms with E-state index in [1.807, 2.05) is 0 Å². The molecule has 1 saturated carbocycles. The zero-order valence-corrected chi connectivity index (χ0v) is 16.4. The van der Waals surface area contributed by atoms with Crippen LogP contribution in [0.25, 0.3) is 0 Å². The Morgan fingerprint density at radius 3 is 2.54 bits per heavy atom. The van der Waals surface area contributed by atoms with Crippen LogP contribution in [0, 0.1) is 6.92 Å². The average Bonchev–Trinajstić information content (AvgIpc) is 2.85. The highest BCUT2D eigenvalue weighted by atomic mass is 32.2. The van der Waals surface area contributed by atoms with E-state index in [4.69, 9.17) is 0 Å². The Bertz CT molecular complexity index is 967. The van der Waals surface area contributed by atoms with Crippen molar-refractivity contribution in [2.75, 3.05) is 23.4 Å². The van der Waals surface area contributed by atoms with Gasteiger partial charge in [-0.25, -0.2) is 13.4 Å². The number of sulfone groups is 1. The molecule has 0 amide bonds. The minimum atomic E-state index is -4.56. The number of rotatable bonds is 6. The molecule has 1 aliphatic carbocycles. The van der Waals surface area contributed by atoms with Crippen LogP contribution in [0.15, 0.2) is 12.4 Å². The number of aromatic nitrogens is 4. The van der Waals surface area contributed by atoms with E-state index < -0.39 is 21.6 Å². The van der Waals surface area contributed by atoms with Gasteiger partial charge in [-0.3, -0.25) is 4.68 Å². The molecule has 2 aromatic heterocycles. The second kappa shape index (κ2) is 7.22. The van der Waals surface area contributed by atoms with Crippen molar-refractivity contribution in [1.82, 2.24) is 19.7 Å². The summed E-state index contributed by atoms with van der Waals surface area (Å²) >= 11 is 0. The van der Waals surface area contributed by atoms with Crippen LogP contribution in [0.4, 0.5) is 30.6 Å². The minimum Gasteiger partial charge on any atom is -0.370 e. The third kappa shape index (κ3) is 4.05. The first-order chi connectivity index (χ1) is 13.0. The molecule has 3 rings (SSSR count). The van der Waals surface area contributed by atoms with Crippen molar-refractivity contribution < 1.29 is 21.6 Å². The Kier molecular flexibility index (Phi) is 5.26. The Morgan fingerprint density at radius 2 is 1.96 bits per heavy atom.